The third-order valence-corrected chi connectivity index (χ3v) is 1.80. The number of nitrogen functional groups attached to an aromatic ring is 1. The molecule has 0 aliphatic heterocycles. The summed E-state index contributed by atoms with van der Waals surface area (Å²) in [5.41, 5.74) is 6.27. The Labute approximate surface area is 91.6 Å². The van der Waals surface area contributed by atoms with Crippen molar-refractivity contribution < 1.29 is 17.9 Å². The highest BCUT2D eigenvalue weighted by Gasteiger charge is 2.31. The van der Waals surface area contributed by atoms with Gasteiger partial charge in [-0.15, -0.1) is 13.2 Å². The van der Waals surface area contributed by atoms with E-state index in [1.165, 1.54) is 12.1 Å². The molecule has 16 heavy (non-hydrogen) atoms. The average molecular weight is 234 g/mol. The van der Waals surface area contributed by atoms with Gasteiger partial charge in [-0.25, -0.2) is 0 Å². The molecule has 1 rings (SSSR count). The summed E-state index contributed by atoms with van der Waals surface area (Å²) in [4.78, 5) is 1.89. The molecule has 1 aromatic carbocycles. The van der Waals surface area contributed by atoms with E-state index in [-0.39, 0.29) is 11.4 Å². The Balaban J connectivity index is 2.83. The summed E-state index contributed by atoms with van der Waals surface area (Å²) in [6.45, 7) is 0.608. The number of nitrogens with zero attached hydrogens (tertiary/aromatic N) is 1. The molecule has 0 saturated carbocycles. The Hall–Kier alpha value is -1.43. The fraction of sp³-hybridized carbons (Fsp3) is 0.400. The van der Waals surface area contributed by atoms with Crippen LogP contribution in [0.1, 0.15) is 5.56 Å². The molecular weight excluding hydrogens is 221 g/mol. The van der Waals surface area contributed by atoms with Crippen molar-refractivity contribution in [3.05, 3.63) is 23.8 Å². The number of rotatable bonds is 3. The highest BCUT2D eigenvalue weighted by molar-refractivity contribution is 5.54. The van der Waals surface area contributed by atoms with Gasteiger partial charge in [-0.2, -0.15) is 0 Å². The molecule has 90 valence electrons. The lowest BCUT2D eigenvalue weighted by molar-refractivity contribution is -0.274. The summed E-state index contributed by atoms with van der Waals surface area (Å²) in [5, 5.41) is 0. The van der Waals surface area contributed by atoms with Crippen molar-refractivity contribution in [2.45, 2.75) is 12.9 Å². The zero-order chi connectivity index (χ0) is 12.3. The van der Waals surface area contributed by atoms with Crippen LogP contribution in [0.3, 0.4) is 0 Å². The number of ether oxygens (including phenoxy) is 1. The largest absolute Gasteiger partial charge is 0.573 e. The smallest absolute Gasteiger partial charge is 0.404 e. The first kappa shape index (κ1) is 12.6. The van der Waals surface area contributed by atoms with Gasteiger partial charge >= 0.3 is 6.36 Å². The summed E-state index contributed by atoms with van der Waals surface area (Å²) in [5.74, 6) is -0.366. The van der Waals surface area contributed by atoms with Crippen molar-refractivity contribution in [1.29, 1.82) is 0 Å². The number of hydrogen-bond acceptors (Lipinski definition) is 3. The Kier molecular flexibility index (Phi) is 3.64. The maximum atomic E-state index is 11.9. The predicted octanol–water partition coefficient (Wildman–Crippen LogP) is 2.23. The lowest BCUT2D eigenvalue weighted by atomic mass is 10.2. The van der Waals surface area contributed by atoms with E-state index in [9.17, 15) is 13.2 Å². The number of nitrogens with two attached hydrogens (primary N) is 1. The zero-order valence-electron chi connectivity index (χ0n) is 9.01. The Morgan fingerprint density at radius 3 is 2.38 bits per heavy atom. The van der Waals surface area contributed by atoms with Crippen LogP contribution in [0.2, 0.25) is 0 Å². The van der Waals surface area contributed by atoms with Gasteiger partial charge in [-0.1, -0.05) is 6.07 Å². The van der Waals surface area contributed by atoms with Crippen LogP contribution in [0, 0.1) is 0 Å². The van der Waals surface area contributed by atoms with Gasteiger partial charge in [0.15, 0.2) is 5.75 Å². The van der Waals surface area contributed by atoms with Gasteiger partial charge in [0, 0.05) is 6.54 Å². The molecule has 0 bridgehead atoms. The van der Waals surface area contributed by atoms with Gasteiger partial charge in [0.05, 0.1) is 5.69 Å². The summed E-state index contributed by atoms with van der Waals surface area (Å²) < 4.78 is 39.6. The minimum Gasteiger partial charge on any atom is -0.404 e. The van der Waals surface area contributed by atoms with Crippen LogP contribution >= 0.6 is 0 Å². The Bertz CT molecular complexity index is 364. The van der Waals surface area contributed by atoms with Crippen molar-refractivity contribution in [3.63, 3.8) is 0 Å². The normalized spacial score (nSPS) is 11.9. The summed E-state index contributed by atoms with van der Waals surface area (Å²) >= 11 is 0. The molecule has 0 heterocycles. The molecule has 0 saturated heterocycles. The number of anilines is 1. The van der Waals surface area contributed by atoms with Crippen molar-refractivity contribution in [2.75, 3.05) is 19.8 Å². The molecule has 0 unspecified atom stereocenters. The van der Waals surface area contributed by atoms with Crippen LogP contribution in [-0.2, 0) is 6.54 Å². The molecular formula is C10H13F3N2O. The van der Waals surface area contributed by atoms with Crippen LogP contribution in [0.5, 0.6) is 5.75 Å². The first-order valence-electron chi connectivity index (χ1n) is 4.57. The average Bonchev–Trinajstić information content (AvgIpc) is 2.06. The highest BCUT2D eigenvalue weighted by Crippen LogP contribution is 2.29. The van der Waals surface area contributed by atoms with Crippen LogP contribution in [0.4, 0.5) is 18.9 Å². The van der Waals surface area contributed by atoms with Gasteiger partial charge in [0.1, 0.15) is 0 Å². The number of benzene rings is 1. The predicted molar refractivity (Wildman–Crippen MR) is 54.9 cm³/mol. The first-order chi connectivity index (χ1) is 7.28. The fourth-order valence-electron chi connectivity index (χ4n) is 1.28. The summed E-state index contributed by atoms with van der Waals surface area (Å²) in [6.07, 6.45) is -4.71. The topological polar surface area (TPSA) is 38.5 Å². The monoisotopic (exact) mass is 234 g/mol. The van der Waals surface area contributed by atoms with E-state index in [1.54, 1.807) is 6.07 Å². The van der Waals surface area contributed by atoms with Crippen molar-refractivity contribution >= 4 is 5.69 Å². The van der Waals surface area contributed by atoms with Gasteiger partial charge in [0.2, 0.25) is 0 Å². The molecule has 0 aliphatic rings. The molecule has 2 N–H and O–H groups in total. The van der Waals surface area contributed by atoms with Crippen molar-refractivity contribution in [3.8, 4) is 5.75 Å². The van der Waals surface area contributed by atoms with E-state index in [0.717, 1.165) is 5.56 Å². The van der Waals surface area contributed by atoms with E-state index >= 15 is 0 Å². The van der Waals surface area contributed by atoms with Crippen LogP contribution in [-0.4, -0.2) is 25.4 Å². The Morgan fingerprint density at radius 1 is 1.31 bits per heavy atom. The minimum atomic E-state index is -4.71. The van der Waals surface area contributed by atoms with Gasteiger partial charge in [-0.3, -0.25) is 0 Å². The van der Waals surface area contributed by atoms with Gasteiger partial charge < -0.3 is 15.4 Å². The minimum absolute atomic E-state index is 0.0170. The summed E-state index contributed by atoms with van der Waals surface area (Å²) in [7, 11) is 3.71. The number of alkyl halides is 3. The molecule has 0 amide bonds. The second kappa shape index (κ2) is 4.61. The SMILES string of the molecule is CN(C)Cc1ccc(OC(F)(F)F)c(N)c1. The Morgan fingerprint density at radius 2 is 1.94 bits per heavy atom. The number of halogens is 3. The summed E-state index contributed by atoms with van der Waals surface area (Å²) in [6, 6.07) is 4.25. The lowest BCUT2D eigenvalue weighted by Gasteiger charge is -2.14. The maximum absolute atomic E-state index is 11.9. The van der Waals surface area contributed by atoms with Crippen LogP contribution < -0.4 is 10.5 Å². The van der Waals surface area contributed by atoms with E-state index in [2.05, 4.69) is 4.74 Å². The van der Waals surface area contributed by atoms with Crippen LogP contribution in [0.25, 0.3) is 0 Å². The zero-order valence-corrected chi connectivity index (χ0v) is 9.01. The van der Waals surface area contributed by atoms with Crippen LogP contribution in [0.15, 0.2) is 18.2 Å². The molecule has 0 atom stereocenters. The number of hydrogen-bond donors (Lipinski definition) is 1. The van der Waals surface area contributed by atoms with E-state index in [4.69, 9.17) is 5.73 Å². The molecule has 1 aromatic rings. The van der Waals surface area contributed by atoms with E-state index in [1.807, 2.05) is 19.0 Å². The third-order valence-electron chi connectivity index (χ3n) is 1.80. The van der Waals surface area contributed by atoms with Crippen molar-refractivity contribution in [2.24, 2.45) is 0 Å². The van der Waals surface area contributed by atoms with Gasteiger partial charge in [-0.05, 0) is 31.8 Å². The highest BCUT2D eigenvalue weighted by atomic mass is 19.4. The molecule has 6 heteroatoms. The first-order valence-corrected chi connectivity index (χ1v) is 4.57. The molecule has 0 aliphatic carbocycles. The fourth-order valence-corrected chi connectivity index (χ4v) is 1.28. The van der Waals surface area contributed by atoms with Gasteiger partial charge in [0.25, 0.3) is 0 Å². The lowest BCUT2D eigenvalue weighted by Crippen LogP contribution is -2.18. The second-order valence-electron chi connectivity index (χ2n) is 3.66. The van der Waals surface area contributed by atoms with E-state index < -0.39 is 6.36 Å². The standard InChI is InChI=1S/C10H13F3N2O/c1-15(2)6-7-3-4-9(8(14)5-7)16-10(11,12)13/h3-5H,6,14H2,1-2H3. The second-order valence-corrected chi connectivity index (χ2v) is 3.66. The maximum Gasteiger partial charge on any atom is 0.573 e. The molecule has 0 spiro atoms. The van der Waals surface area contributed by atoms with Crippen molar-refractivity contribution in [1.82, 2.24) is 4.90 Å². The third kappa shape index (κ3) is 3.98. The van der Waals surface area contributed by atoms with E-state index in [0.29, 0.717) is 6.54 Å². The molecule has 3 nitrogen and oxygen atoms in total. The molecule has 0 aromatic heterocycles. The quantitative estimate of drug-likeness (QED) is 0.815. The molecule has 0 radical (unpaired) electrons. The molecule has 0 fully saturated rings.